The first-order chi connectivity index (χ1) is 10.7. The van der Waals surface area contributed by atoms with Crippen molar-refractivity contribution in [3.63, 3.8) is 0 Å². The number of nitroso groups, excluding NO2 is 1. The summed E-state index contributed by atoms with van der Waals surface area (Å²) in [6.45, 7) is 0. The molecule has 1 fully saturated rings. The number of para-hydroxylation sites is 2. The zero-order valence-corrected chi connectivity index (χ0v) is 11.7. The van der Waals surface area contributed by atoms with Crippen LogP contribution in [0.4, 0.5) is 5.69 Å². The van der Waals surface area contributed by atoms with Crippen LogP contribution in [-0.4, -0.2) is 11.5 Å². The minimum absolute atomic E-state index is 0.191. The van der Waals surface area contributed by atoms with Crippen LogP contribution in [-0.2, 0) is 4.79 Å². The monoisotopic (exact) mass is 294 g/mol. The van der Waals surface area contributed by atoms with E-state index in [4.69, 9.17) is 4.74 Å². The Labute approximate surface area is 127 Å². The Bertz CT molecular complexity index is 747. The molecule has 2 aliphatic rings. The van der Waals surface area contributed by atoms with Crippen LogP contribution >= 0.6 is 0 Å². The predicted molar refractivity (Wildman–Crippen MR) is 81.5 cm³/mol. The average molecular weight is 294 g/mol. The van der Waals surface area contributed by atoms with Gasteiger partial charge in [0, 0.05) is 23.6 Å². The molecule has 1 unspecified atom stereocenters. The number of carbonyl (C=O) groups excluding carboxylic acids is 1. The van der Waals surface area contributed by atoms with Crippen LogP contribution in [0.1, 0.15) is 18.0 Å². The molecule has 22 heavy (non-hydrogen) atoms. The van der Waals surface area contributed by atoms with Gasteiger partial charge in [-0.15, -0.1) is 0 Å². The van der Waals surface area contributed by atoms with Crippen LogP contribution in [0.2, 0.25) is 0 Å². The molecule has 1 aliphatic heterocycles. The Morgan fingerprint density at radius 1 is 1.14 bits per heavy atom. The summed E-state index contributed by atoms with van der Waals surface area (Å²) in [7, 11) is 0. The van der Waals surface area contributed by atoms with E-state index < -0.39 is 11.6 Å². The Morgan fingerprint density at radius 3 is 2.64 bits per heavy atom. The zero-order chi connectivity index (χ0) is 15.2. The van der Waals surface area contributed by atoms with Crippen molar-refractivity contribution < 1.29 is 9.53 Å². The number of anilines is 1. The van der Waals surface area contributed by atoms with Gasteiger partial charge in [0.05, 0.1) is 0 Å². The number of amides is 1. The summed E-state index contributed by atoms with van der Waals surface area (Å²) >= 11 is 0. The van der Waals surface area contributed by atoms with E-state index >= 15 is 0 Å². The molecule has 4 rings (SSSR count). The first kappa shape index (κ1) is 13.0. The minimum Gasteiger partial charge on any atom is -0.477 e. The molecule has 0 bridgehead atoms. The highest BCUT2D eigenvalue weighted by atomic mass is 16.5. The maximum Gasteiger partial charge on any atom is 0.268 e. The summed E-state index contributed by atoms with van der Waals surface area (Å²) in [5.74, 6) is 0.166. The molecule has 2 aromatic carbocycles. The number of nitrogens with one attached hydrogen (secondary N) is 1. The molecule has 0 saturated heterocycles. The second-order valence-electron chi connectivity index (χ2n) is 5.71. The van der Waals surface area contributed by atoms with Gasteiger partial charge in [0.1, 0.15) is 11.8 Å². The third-order valence-electron chi connectivity index (χ3n) is 4.40. The van der Waals surface area contributed by atoms with E-state index in [0.717, 1.165) is 5.56 Å². The van der Waals surface area contributed by atoms with Crippen molar-refractivity contribution in [3.05, 3.63) is 65.1 Å². The van der Waals surface area contributed by atoms with Crippen LogP contribution in [0.15, 0.2) is 59.8 Å². The molecule has 1 N–H and O–H groups in total. The summed E-state index contributed by atoms with van der Waals surface area (Å²) in [5, 5.41) is 6.10. The highest BCUT2D eigenvalue weighted by molar-refractivity contribution is 6.00. The van der Waals surface area contributed by atoms with Crippen LogP contribution < -0.4 is 10.1 Å². The molecule has 5 heteroatoms. The Balaban J connectivity index is 1.64. The first-order valence-corrected chi connectivity index (χ1v) is 7.21. The normalized spacial score (nSPS) is 27.8. The number of carbonyl (C=O) groups is 1. The number of ether oxygens (including phenoxy) is 1. The SMILES string of the molecule is O=NC1c2ccccc2O[C@@]2(C(=O)Nc3ccccc3)C[C@@H]12. The smallest absolute Gasteiger partial charge is 0.268 e. The van der Waals surface area contributed by atoms with Gasteiger partial charge in [0.2, 0.25) is 0 Å². The Kier molecular flexibility index (Phi) is 2.76. The van der Waals surface area contributed by atoms with Crippen molar-refractivity contribution in [2.24, 2.45) is 11.1 Å². The van der Waals surface area contributed by atoms with E-state index in [0.29, 0.717) is 17.9 Å². The minimum atomic E-state index is -0.969. The molecule has 3 atom stereocenters. The van der Waals surface area contributed by atoms with Crippen LogP contribution in [0.5, 0.6) is 5.75 Å². The van der Waals surface area contributed by atoms with Gasteiger partial charge < -0.3 is 10.1 Å². The zero-order valence-electron chi connectivity index (χ0n) is 11.7. The molecule has 110 valence electrons. The lowest BCUT2D eigenvalue weighted by Gasteiger charge is -2.27. The molecule has 2 aromatic rings. The number of benzene rings is 2. The number of fused-ring (bicyclic) bond motifs is 2. The molecule has 1 aliphatic carbocycles. The summed E-state index contributed by atoms with van der Waals surface area (Å²) in [4.78, 5) is 23.9. The summed E-state index contributed by atoms with van der Waals surface area (Å²) in [6, 6.07) is 16.0. The molecule has 0 radical (unpaired) electrons. The third kappa shape index (κ3) is 1.82. The lowest BCUT2D eigenvalue weighted by atomic mass is 9.96. The number of nitrogens with zero attached hydrogens (tertiary/aromatic N) is 1. The van der Waals surface area contributed by atoms with Gasteiger partial charge in [-0.3, -0.25) is 4.79 Å². The lowest BCUT2D eigenvalue weighted by molar-refractivity contribution is -0.125. The second-order valence-corrected chi connectivity index (χ2v) is 5.71. The molecule has 1 heterocycles. The number of hydrogen-bond donors (Lipinski definition) is 1. The highest BCUT2D eigenvalue weighted by Gasteiger charge is 2.69. The van der Waals surface area contributed by atoms with Gasteiger partial charge in [-0.25, -0.2) is 0 Å². The maximum absolute atomic E-state index is 12.6. The van der Waals surface area contributed by atoms with E-state index in [-0.39, 0.29) is 11.8 Å². The molecule has 0 spiro atoms. The van der Waals surface area contributed by atoms with Crippen molar-refractivity contribution >= 4 is 11.6 Å². The fourth-order valence-electron chi connectivity index (χ4n) is 3.18. The topological polar surface area (TPSA) is 67.8 Å². The predicted octanol–water partition coefficient (Wildman–Crippen LogP) is 3.28. The van der Waals surface area contributed by atoms with E-state index in [2.05, 4.69) is 10.5 Å². The van der Waals surface area contributed by atoms with Crippen molar-refractivity contribution in [1.82, 2.24) is 0 Å². The van der Waals surface area contributed by atoms with E-state index in [9.17, 15) is 9.70 Å². The molecular formula is C17H14N2O3. The first-order valence-electron chi connectivity index (χ1n) is 7.21. The molecular weight excluding hydrogens is 280 g/mol. The second kappa shape index (κ2) is 4.66. The lowest BCUT2D eigenvalue weighted by Crippen LogP contribution is -2.40. The maximum atomic E-state index is 12.6. The number of hydrogen-bond acceptors (Lipinski definition) is 4. The van der Waals surface area contributed by atoms with Crippen LogP contribution in [0.3, 0.4) is 0 Å². The molecule has 5 nitrogen and oxygen atoms in total. The van der Waals surface area contributed by atoms with Crippen LogP contribution in [0.25, 0.3) is 0 Å². The number of rotatable bonds is 3. The van der Waals surface area contributed by atoms with E-state index in [1.165, 1.54) is 0 Å². The largest absolute Gasteiger partial charge is 0.477 e. The molecule has 1 saturated carbocycles. The van der Waals surface area contributed by atoms with Gasteiger partial charge in [-0.2, -0.15) is 4.91 Å². The van der Waals surface area contributed by atoms with Gasteiger partial charge in [0.15, 0.2) is 5.60 Å². The van der Waals surface area contributed by atoms with Crippen molar-refractivity contribution in [2.45, 2.75) is 18.1 Å². The van der Waals surface area contributed by atoms with Crippen molar-refractivity contribution in [2.75, 3.05) is 5.32 Å². The third-order valence-corrected chi connectivity index (χ3v) is 4.40. The molecule has 0 aromatic heterocycles. The summed E-state index contributed by atoms with van der Waals surface area (Å²) in [6.07, 6.45) is 0.511. The average Bonchev–Trinajstić information content (AvgIpc) is 3.29. The van der Waals surface area contributed by atoms with Crippen molar-refractivity contribution in [3.8, 4) is 5.75 Å². The van der Waals surface area contributed by atoms with Crippen LogP contribution in [0, 0.1) is 10.8 Å². The van der Waals surface area contributed by atoms with Crippen molar-refractivity contribution in [1.29, 1.82) is 0 Å². The van der Waals surface area contributed by atoms with Gasteiger partial charge >= 0.3 is 0 Å². The van der Waals surface area contributed by atoms with Gasteiger partial charge in [-0.1, -0.05) is 41.6 Å². The Morgan fingerprint density at radius 2 is 1.86 bits per heavy atom. The summed E-state index contributed by atoms with van der Waals surface area (Å²) < 4.78 is 5.95. The summed E-state index contributed by atoms with van der Waals surface area (Å²) in [5.41, 5.74) is 0.511. The van der Waals surface area contributed by atoms with Gasteiger partial charge in [0.25, 0.3) is 5.91 Å². The van der Waals surface area contributed by atoms with Gasteiger partial charge in [-0.05, 0) is 18.2 Å². The highest BCUT2D eigenvalue weighted by Crippen LogP contribution is 2.60. The fraction of sp³-hybridized carbons (Fsp3) is 0.235. The fourth-order valence-corrected chi connectivity index (χ4v) is 3.18. The van der Waals surface area contributed by atoms with E-state index in [1.807, 2.05) is 48.5 Å². The molecule has 1 amide bonds. The quantitative estimate of drug-likeness (QED) is 0.883. The standard InChI is InChI=1S/C17H14N2O3/c20-16(18-11-6-2-1-3-7-11)17-10-13(17)15(19-21)12-8-4-5-9-14(12)22-17/h1-9,13,15H,10H2,(H,18,20)/t13-,15?,17-/m0/s1. The Hall–Kier alpha value is -2.69. The van der Waals surface area contributed by atoms with E-state index in [1.54, 1.807) is 6.07 Å².